The molecule has 1 aromatic heterocycles. The van der Waals surface area contributed by atoms with E-state index in [9.17, 15) is 9.59 Å². The normalized spacial score (nSPS) is 19.0. The number of likely N-dealkylation sites (N-methyl/N-ethyl adjacent to an activating group) is 1. The Morgan fingerprint density at radius 3 is 3.05 bits per heavy atom. The van der Waals surface area contributed by atoms with Crippen molar-refractivity contribution >= 4 is 17.6 Å². The van der Waals surface area contributed by atoms with Gasteiger partial charge in [0.2, 0.25) is 5.91 Å². The lowest BCUT2D eigenvalue weighted by molar-refractivity contribution is -0.122. The van der Waals surface area contributed by atoms with Gasteiger partial charge in [0.1, 0.15) is 11.9 Å². The quantitative estimate of drug-likeness (QED) is 0.629. The van der Waals surface area contributed by atoms with Gasteiger partial charge in [-0.15, -0.1) is 0 Å². The van der Waals surface area contributed by atoms with Crippen LogP contribution in [-0.2, 0) is 4.79 Å². The molecule has 102 valence electrons. The highest BCUT2D eigenvalue weighted by Crippen LogP contribution is 2.20. The SMILES string of the molecule is CNC(=O)C1CNCCN1c1ncccc1C(N)=O. The van der Waals surface area contributed by atoms with Crippen molar-refractivity contribution in [3.8, 4) is 0 Å². The highest BCUT2D eigenvalue weighted by atomic mass is 16.2. The first-order valence-electron chi connectivity index (χ1n) is 6.09. The van der Waals surface area contributed by atoms with E-state index in [-0.39, 0.29) is 5.91 Å². The number of amides is 2. The number of rotatable bonds is 3. The van der Waals surface area contributed by atoms with Crippen LogP contribution in [0.2, 0.25) is 0 Å². The van der Waals surface area contributed by atoms with E-state index in [1.165, 1.54) is 0 Å². The third kappa shape index (κ3) is 2.65. The van der Waals surface area contributed by atoms with Crippen LogP contribution in [0.25, 0.3) is 0 Å². The zero-order valence-corrected chi connectivity index (χ0v) is 10.7. The maximum atomic E-state index is 11.9. The lowest BCUT2D eigenvalue weighted by Gasteiger charge is -2.36. The van der Waals surface area contributed by atoms with Crippen molar-refractivity contribution in [3.05, 3.63) is 23.9 Å². The van der Waals surface area contributed by atoms with Gasteiger partial charge in [-0.3, -0.25) is 9.59 Å². The Morgan fingerprint density at radius 2 is 2.37 bits per heavy atom. The molecule has 1 unspecified atom stereocenters. The summed E-state index contributed by atoms with van der Waals surface area (Å²) in [6, 6.07) is 2.88. The van der Waals surface area contributed by atoms with Crippen LogP contribution in [0.3, 0.4) is 0 Å². The monoisotopic (exact) mass is 263 g/mol. The van der Waals surface area contributed by atoms with Crippen molar-refractivity contribution in [2.75, 3.05) is 31.6 Å². The Morgan fingerprint density at radius 1 is 1.58 bits per heavy atom. The third-order valence-corrected chi connectivity index (χ3v) is 3.12. The number of aromatic nitrogens is 1. The van der Waals surface area contributed by atoms with Crippen LogP contribution in [0.5, 0.6) is 0 Å². The number of piperazine rings is 1. The first kappa shape index (κ1) is 13.3. The van der Waals surface area contributed by atoms with Crippen LogP contribution in [0, 0.1) is 0 Å². The second kappa shape index (κ2) is 5.66. The topological polar surface area (TPSA) is 100 Å². The number of nitrogens with one attached hydrogen (secondary N) is 2. The van der Waals surface area contributed by atoms with Gasteiger partial charge in [-0.2, -0.15) is 0 Å². The molecule has 1 fully saturated rings. The first-order chi connectivity index (χ1) is 9.15. The molecule has 2 rings (SSSR count). The molecular weight excluding hydrogens is 246 g/mol. The maximum Gasteiger partial charge on any atom is 0.252 e. The summed E-state index contributed by atoms with van der Waals surface area (Å²) < 4.78 is 0. The van der Waals surface area contributed by atoms with Gasteiger partial charge >= 0.3 is 0 Å². The van der Waals surface area contributed by atoms with Gasteiger partial charge in [-0.25, -0.2) is 4.98 Å². The molecule has 0 spiro atoms. The van der Waals surface area contributed by atoms with Gasteiger partial charge in [0.05, 0.1) is 5.56 Å². The van der Waals surface area contributed by atoms with Gasteiger partial charge in [0, 0.05) is 32.9 Å². The van der Waals surface area contributed by atoms with Crippen LogP contribution >= 0.6 is 0 Å². The molecule has 2 heterocycles. The highest BCUT2D eigenvalue weighted by molar-refractivity contribution is 5.98. The Kier molecular flexibility index (Phi) is 3.96. The van der Waals surface area contributed by atoms with Gasteiger partial charge in [0.25, 0.3) is 5.91 Å². The van der Waals surface area contributed by atoms with Crippen LogP contribution in [0.1, 0.15) is 10.4 Å². The fraction of sp³-hybridized carbons (Fsp3) is 0.417. The molecule has 0 radical (unpaired) electrons. The molecule has 0 saturated carbocycles. The van der Waals surface area contributed by atoms with Crippen LogP contribution in [0.15, 0.2) is 18.3 Å². The standard InChI is InChI=1S/C12H17N5O2/c1-14-12(19)9-7-15-5-6-17(9)11-8(10(13)18)3-2-4-16-11/h2-4,9,15H,5-7H2,1H3,(H2,13,18)(H,14,19). The number of hydrogen-bond donors (Lipinski definition) is 3. The lowest BCUT2D eigenvalue weighted by Crippen LogP contribution is -2.58. The Balaban J connectivity index is 2.37. The van der Waals surface area contributed by atoms with E-state index in [0.29, 0.717) is 24.5 Å². The molecular formula is C12H17N5O2. The summed E-state index contributed by atoms with van der Waals surface area (Å²) in [6.07, 6.45) is 1.59. The van der Waals surface area contributed by atoms with Crippen molar-refractivity contribution < 1.29 is 9.59 Å². The number of primary amides is 1. The molecule has 0 aliphatic carbocycles. The Bertz CT molecular complexity index is 491. The predicted molar refractivity (Wildman–Crippen MR) is 70.8 cm³/mol. The summed E-state index contributed by atoms with van der Waals surface area (Å²) in [6.45, 7) is 1.83. The molecule has 1 atom stereocenters. The van der Waals surface area contributed by atoms with E-state index in [2.05, 4.69) is 15.6 Å². The highest BCUT2D eigenvalue weighted by Gasteiger charge is 2.30. The van der Waals surface area contributed by atoms with Crippen molar-refractivity contribution in [2.24, 2.45) is 5.73 Å². The number of anilines is 1. The maximum absolute atomic E-state index is 11.9. The molecule has 0 bridgehead atoms. The second-order valence-electron chi connectivity index (χ2n) is 4.27. The molecule has 1 aliphatic heterocycles. The number of carbonyl (C=O) groups excluding carboxylic acids is 2. The smallest absolute Gasteiger partial charge is 0.252 e. The number of nitrogens with zero attached hydrogens (tertiary/aromatic N) is 2. The average molecular weight is 263 g/mol. The fourth-order valence-corrected chi connectivity index (χ4v) is 2.18. The van der Waals surface area contributed by atoms with Gasteiger partial charge < -0.3 is 21.3 Å². The second-order valence-corrected chi connectivity index (χ2v) is 4.27. The zero-order valence-electron chi connectivity index (χ0n) is 10.7. The average Bonchev–Trinajstić information content (AvgIpc) is 2.46. The minimum atomic E-state index is -0.544. The lowest BCUT2D eigenvalue weighted by atomic mass is 10.1. The summed E-state index contributed by atoms with van der Waals surface area (Å²) >= 11 is 0. The van der Waals surface area contributed by atoms with Crippen LogP contribution in [0.4, 0.5) is 5.82 Å². The third-order valence-electron chi connectivity index (χ3n) is 3.12. The summed E-state index contributed by atoms with van der Waals surface area (Å²) in [5.74, 6) is -0.198. The van der Waals surface area contributed by atoms with E-state index in [1.54, 1.807) is 25.4 Å². The summed E-state index contributed by atoms with van der Waals surface area (Å²) in [4.78, 5) is 29.4. The molecule has 19 heavy (non-hydrogen) atoms. The van der Waals surface area contributed by atoms with Crippen LogP contribution in [-0.4, -0.2) is 49.5 Å². The molecule has 0 aromatic carbocycles. The molecule has 1 saturated heterocycles. The van der Waals surface area contributed by atoms with E-state index in [1.807, 2.05) is 4.90 Å². The molecule has 7 nitrogen and oxygen atoms in total. The number of pyridine rings is 1. The summed E-state index contributed by atoms with van der Waals surface area (Å²) in [5.41, 5.74) is 5.69. The van der Waals surface area contributed by atoms with Gasteiger partial charge in [0.15, 0.2) is 0 Å². The molecule has 2 amide bonds. The van der Waals surface area contributed by atoms with Gasteiger partial charge in [-0.05, 0) is 12.1 Å². The Labute approximate surface area is 111 Å². The minimum Gasteiger partial charge on any atom is -0.365 e. The minimum absolute atomic E-state index is 0.117. The Hall–Kier alpha value is -2.15. The first-order valence-corrected chi connectivity index (χ1v) is 6.09. The van der Waals surface area contributed by atoms with Crippen molar-refractivity contribution in [1.29, 1.82) is 0 Å². The molecule has 4 N–H and O–H groups in total. The van der Waals surface area contributed by atoms with Crippen LogP contribution < -0.4 is 21.3 Å². The van der Waals surface area contributed by atoms with Crippen molar-refractivity contribution in [2.45, 2.75) is 6.04 Å². The number of nitrogens with two attached hydrogens (primary N) is 1. The van der Waals surface area contributed by atoms with E-state index in [4.69, 9.17) is 5.73 Å². The van der Waals surface area contributed by atoms with E-state index in [0.717, 1.165) is 6.54 Å². The van der Waals surface area contributed by atoms with Crippen molar-refractivity contribution in [3.63, 3.8) is 0 Å². The molecule has 7 heteroatoms. The summed E-state index contributed by atoms with van der Waals surface area (Å²) in [7, 11) is 1.59. The van der Waals surface area contributed by atoms with Gasteiger partial charge in [-0.1, -0.05) is 0 Å². The largest absolute Gasteiger partial charge is 0.365 e. The predicted octanol–water partition coefficient (Wildman–Crippen LogP) is -1.30. The zero-order chi connectivity index (χ0) is 13.8. The fourth-order valence-electron chi connectivity index (χ4n) is 2.18. The molecule has 1 aromatic rings. The van der Waals surface area contributed by atoms with E-state index < -0.39 is 11.9 Å². The summed E-state index contributed by atoms with van der Waals surface area (Å²) in [5, 5.41) is 5.77. The number of hydrogen-bond acceptors (Lipinski definition) is 5. The van der Waals surface area contributed by atoms with E-state index >= 15 is 0 Å². The van der Waals surface area contributed by atoms with Crippen molar-refractivity contribution in [1.82, 2.24) is 15.6 Å². The number of carbonyl (C=O) groups is 2. The molecule has 1 aliphatic rings.